The van der Waals surface area contributed by atoms with Crippen molar-refractivity contribution in [3.8, 4) is 0 Å². The lowest BCUT2D eigenvalue weighted by Gasteiger charge is -2.63. The quantitative estimate of drug-likeness (QED) is 0.231. The molecule has 0 radical (unpaired) electrons. The van der Waals surface area contributed by atoms with E-state index in [4.69, 9.17) is 14.2 Å². The van der Waals surface area contributed by atoms with Gasteiger partial charge in [0.15, 0.2) is 12.4 Å². The third-order valence-corrected chi connectivity index (χ3v) is 12.6. The monoisotopic (exact) mass is 612 g/mol. The molecule has 0 spiro atoms. The molecule has 5 aliphatic rings. The highest BCUT2D eigenvalue weighted by atomic mass is 16.7. The van der Waals surface area contributed by atoms with E-state index >= 15 is 4.79 Å². The number of esters is 1. The van der Waals surface area contributed by atoms with Crippen molar-refractivity contribution in [2.24, 2.45) is 45.8 Å². The Bertz CT molecular complexity index is 1390. The molecule has 5 unspecified atom stereocenters. The lowest BCUT2D eigenvalue weighted by Crippen LogP contribution is -2.68. The van der Waals surface area contributed by atoms with E-state index in [0.717, 1.165) is 29.5 Å². The van der Waals surface area contributed by atoms with Crippen molar-refractivity contribution >= 4 is 5.97 Å². The largest absolute Gasteiger partial charge is 0.452 e. The minimum Gasteiger partial charge on any atom is -0.452 e. The molecule has 45 heavy (non-hydrogen) atoms. The first-order chi connectivity index (χ1) is 21.7. The van der Waals surface area contributed by atoms with Crippen molar-refractivity contribution in [2.45, 2.75) is 77.5 Å². The summed E-state index contributed by atoms with van der Waals surface area (Å²) in [7, 11) is 0. The topological polar surface area (TPSA) is 85.2 Å². The van der Waals surface area contributed by atoms with E-state index in [0.29, 0.717) is 37.9 Å². The molecule has 2 aromatic carbocycles. The normalized spacial score (nSPS) is 36.6. The van der Waals surface area contributed by atoms with Crippen molar-refractivity contribution in [1.29, 1.82) is 0 Å². The van der Waals surface area contributed by atoms with E-state index in [2.05, 4.69) is 33.4 Å². The third kappa shape index (κ3) is 4.18. The molecule has 1 heterocycles. The van der Waals surface area contributed by atoms with Gasteiger partial charge in [-0.25, -0.2) is 0 Å². The van der Waals surface area contributed by atoms with E-state index in [1.54, 1.807) is 0 Å². The van der Waals surface area contributed by atoms with Gasteiger partial charge in [-0.1, -0.05) is 106 Å². The number of rotatable bonds is 10. The average molecular weight is 613 g/mol. The first kappa shape index (κ1) is 30.9. The number of allylic oxidation sites excluding steroid dienone is 1. The van der Waals surface area contributed by atoms with Crippen molar-refractivity contribution in [2.75, 3.05) is 13.2 Å². The maximum absolute atomic E-state index is 15.8. The minimum atomic E-state index is -1.19. The van der Waals surface area contributed by atoms with Crippen LogP contribution in [0.3, 0.4) is 0 Å². The van der Waals surface area contributed by atoms with Crippen LogP contribution in [0.15, 0.2) is 85.0 Å². The van der Waals surface area contributed by atoms with Gasteiger partial charge in [-0.3, -0.25) is 4.79 Å². The molecule has 3 saturated carbocycles. The molecule has 2 N–H and O–H groups in total. The van der Waals surface area contributed by atoms with Crippen LogP contribution in [-0.4, -0.2) is 47.9 Å². The number of carbonyl (C=O) groups excluding carboxylic acids is 1. The highest BCUT2D eigenvalue weighted by Gasteiger charge is 2.88. The molecule has 1 saturated heterocycles. The summed E-state index contributed by atoms with van der Waals surface area (Å²) in [4.78, 5) is 15.8. The zero-order chi connectivity index (χ0) is 31.6. The van der Waals surface area contributed by atoms with Gasteiger partial charge in [0, 0.05) is 17.3 Å². The van der Waals surface area contributed by atoms with Crippen LogP contribution in [0.4, 0.5) is 0 Å². The SMILES string of the molecule is C=CC(O)C[C@@H](O)C12C[C@@H]3[C@H](C)CC[C@H]3C3(C4OCCO4)CC1C=C(C(C)C)C23C(=O)OC(c1ccccc1)c1ccccc1. The Morgan fingerprint density at radius 3 is 2.20 bits per heavy atom. The van der Waals surface area contributed by atoms with Crippen molar-refractivity contribution in [3.63, 3.8) is 0 Å². The second-order valence-electron chi connectivity index (χ2n) is 14.7. The number of ether oxygens (including phenoxy) is 3. The summed E-state index contributed by atoms with van der Waals surface area (Å²) in [5.74, 6) is 0.588. The number of aliphatic hydroxyl groups excluding tert-OH is 2. The molecule has 7 rings (SSSR count). The summed E-state index contributed by atoms with van der Waals surface area (Å²) in [6, 6.07) is 19.9. The van der Waals surface area contributed by atoms with Gasteiger partial charge in [0.1, 0.15) is 5.41 Å². The highest BCUT2D eigenvalue weighted by Crippen LogP contribution is 2.85. The molecule has 9 atom stereocenters. The zero-order valence-corrected chi connectivity index (χ0v) is 26.8. The van der Waals surface area contributed by atoms with Crippen LogP contribution in [0.25, 0.3) is 0 Å². The number of hydrogen-bond acceptors (Lipinski definition) is 6. The van der Waals surface area contributed by atoms with Crippen molar-refractivity contribution in [1.82, 2.24) is 0 Å². The van der Waals surface area contributed by atoms with Crippen molar-refractivity contribution in [3.05, 3.63) is 96.1 Å². The van der Waals surface area contributed by atoms with Crippen LogP contribution in [-0.2, 0) is 19.0 Å². The molecule has 0 amide bonds. The lowest BCUT2D eigenvalue weighted by molar-refractivity contribution is -0.255. The van der Waals surface area contributed by atoms with Gasteiger partial charge in [0.25, 0.3) is 0 Å². The summed E-state index contributed by atoms with van der Waals surface area (Å²) in [5.41, 5.74) is 0.0564. The van der Waals surface area contributed by atoms with Gasteiger partial charge in [0.05, 0.1) is 25.4 Å². The van der Waals surface area contributed by atoms with Gasteiger partial charge in [-0.05, 0) is 60.0 Å². The van der Waals surface area contributed by atoms with Gasteiger partial charge in [-0.2, -0.15) is 0 Å². The van der Waals surface area contributed by atoms with Crippen LogP contribution < -0.4 is 0 Å². The van der Waals surface area contributed by atoms with E-state index in [1.165, 1.54) is 6.08 Å². The summed E-state index contributed by atoms with van der Waals surface area (Å²) >= 11 is 0. The molecule has 2 aromatic rings. The molecule has 4 bridgehead atoms. The molecule has 1 aliphatic heterocycles. The summed E-state index contributed by atoms with van der Waals surface area (Å²) < 4.78 is 19.9. The fraction of sp³-hybridized carbons (Fsp3) is 0.564. The summed E-state index contributed by atoms with van der Waals surface area (Å²) in [6.45, 7) is 11.4. The Balaban J connectivity index is 1.47. The van der Waals surface area contributed by atoms with Gasteiger partial charge in [-0.15, -0.1) is 6.58 Å². The number of aliphatic hydroxyl groups is 2. The first-order valence-electron chi connectivity index (χ1n) is 17.0. The second kappa shape index (κ2) is 11.5. The van der Waals surface area contributed by atoms with E-state index < -0.39 is 40.8 Å². The maximum atomic E-state index is 15.8. The standard InChI is InChI=1S/C39H48O6/c1-5-29(40)21-33(41)37-23-30-25(4)16-17-31(30)38(36-43-18-19-44-36)22-28(37)20-32(24(2)3)39(37,38)35(42)45-34(26-12-8-6-9-13-26)27-14-10-7-11-15-27/h5-15,20,24-25,28-31,33-34,36,40-41H,1,16-19,21-23H2,2-4H3/t25-,28?,29?,30-,31-,33-,37?,38?,39?/m1/s1. The van der Waals surface area contributed by atoms with Gasteiger partial charge in [0.2, 0.25) is 0 Å². The zero-order valence-electron chi connectivity index (χ0n) is 26.8. The Hall–Kier alpha value is -2.77. The predicted molar refractivity (Wildman–Crippen MR) is 172 cm³/mol. The smallest absolute Gasteiger partial charge is 0.318 e. The molecule has 0 aromatic heterocycles. The lowest BCUT2D eigenvalue weighted by atomic mass is 9.40. The number of carbonyl (C=O) groups is 1. The fourth-order valence-corrected chi connectivity index (χ4v) is 11.0. The predicted octanol–water partition coefficient (Wildman–Crippen LogP) is 6.63. The average Bonchev–Trinajstić information content (AvgIpc) is 3.82. The van der Waals surface area contributed by atoms with Gasteiger partial charge >= 0.3 is 5.97 Å². The molecule has 6 heteroatoms. The Morgan fingerprint density at radius 2 is 1.62 bits per heavy atom. The maximum Gasteiger partial charge on any atom is 0.318 e. The Morgan fingerprint density at radius 1 is 1.00 bits per heavy atom. The van der Waals surface area contributed by atoms with Crippen LogP contribution in [0, 0.1) is 45.8 Å². The van der Waals surface area contributed by atoms with Crippen LogP contribution in [0.1, 0.15) is 70.1 Å². The van der Waals surface area contributed by atoms with E-state index in [9.17, 15) is 10.2 Å². The van der Waals surface area contributed by atoms with Gasteiger partial charge < -0.3 is 24.4 Å². The molecular formula is C39H48O6. The van der Waals surface area contributed by atoms with E-state index in [-0.39, 0.29) is 30.1 Å². The Kier molecular flexibility index (Phi) is 7.88. The molecule has 4 aliphatic carbocycles. The minimum absolute atomic E-state index is 0.0295. The third-order valence-electron chi connectivity index (χ3n) is 12.6. The van der Waals surface area contributed by atoms with Crippen molar-refractivity contribution < 1.29 is 29.2 Å². The van der Waals surface area contributed by atoms with Crippen LogP contribution in [0.2, 0.25) is 0 Å². The van der Waals surface area contributed by atoms with Crippen LogP contribution in [0.5, 0.6) is 0 Å². The first-order valence-corrected chi connectivity index (χ1v) is 17.0. The highest BCUT2D eigenvalue weighted by molar-refractivity contribution is 5.87. The van der Waals surface area contributed by atoms with E-state index in [1.807, 2.05) is 60.7 Å². The number of benzene rings is 2. The second-order valence-corrected chi connectivity index (χ2v) is 14.7. The number of fused-ring (bicyclic) bond motifs is 2. The summed E-state index contributed by atoms with van der Waals surface area (Å²) in [6.07, 6.45) is 4.30. The fourth-order valence-electron chi connectivity index (χ4n) is 11.0. The Labute approximate surface area is 267 Å². The summed E-state index contributed by atoms with van der Waals surface area (Å²) in [5, 5.41) is 23.4. The van der Waals surface area contributed by atoms with Crippen LogP contribution >= 0.6 is 0 Å². The molecule has 6 nitrogen and oxygen atoms in total. The molecule has 4 fully saturated rings. The molecular weight excluding hydrogens is 564 g/mol. The molecule has 240 valence electrons. The number of hydrogen-bond donors (Lipinski definition) is 2.